The van der Waals surface area contributed by atoms with E-state index in [1.807, 2.05) is 12.1 Å². The number of nitriles is 1. The third-order valence-corrected chi connectivity index (χ3v) is 9.24. The number of benzene rings is 1. The second-order valence-electron chi connectivity index (χ2n) is 10.5. The number of rotatable bonds is 7. The van der Waals surface area contributed by atoms with E-state index in [2.05, 4.69) is 68.3 Å². The van der Waals surface area contributed by atoms with Gasteiger partial charge in [0.15, 0.2) is 0 Å². The third kappa shape index (κ3) is 4.96. The Balaban J connectivity index is 1.39. The van der Waals surface area contributed by atoms with Crippen LogP contribution < -0.4 is 10.1 Å². The maximum atomic E-state index is 11.4. The van der Waals surface area contributed by atoms with Gasteiger partial charge in [0, 0.05) is 30.8 Å². The molecule has 1 fully saturated rings. The first-order valence-electron chi connectivity index (χ1n) is 12.6. The number of ether oxygens (including phenoxy) is 1. The van der Waals surface area contributed by atoms with Gasteiger partial charge in [-0.25, -0.2) is 0 Å². The molecule has 0 bridgehead atoms. The maximum Gasteiger partial charge on any atom is 0.121 e. The lowest BCUT2D eigenvalue weighted by molar-refractivity contribution is 0.0330. The van der Waals surface area contributed by atoms with Crippen LogP contribution in [0.25, 0.3) is 6.08 Å². The molecule has 188 valence electrons. The fourth-order valence-electron chi connectivity index (χ4n) is 5.82. The molecule has 1 aliphatic carbocycles. The van der Waals surface area contributed by atoms with E-state index in [1.54, 1.807) is 0 Å². The molecule has 1 aromatic carbocycles. The largest absolute Gasteiger partial charge is 0.493 e. The van der Waals surface area contributed by atoms with Crippen LogP contribution in [-0.4, -0.2) is 51.7 Å². The van der Waals surface area contributed by atoms with Crippen LogP contribution in [0.3, 0.4) is 0 Å². The van der Waals surface area contributed by atoms with Crippen LogP contribution in [0.4, 0.5) is 5.69 Å². The monoisotopic (exact) mass is 513 g/mol. The van der Waals surface area contributed by atoms with Gasteiger partial charge < -0.3 is 20.1 Å². The fourth-order valence-corrected chi connectivity index (χ4v) is 6.78. The van der Waals surface area contributed by atoms with E-state index in [1.165, 1.54) is 11.1 Å². The van der Waals surface area contributed by atoms with Gasteiger partial charge in [0.1, 0.15) is 5.75 Å². The Bertz CT molecular complexity index is 1060. The van der Waals surface area contributed by atoms with Gasteiger partial charge in [-0.2, -0.15) is 5.26 Å². The number of likely N-dealkylation sites (tertiary alicyclic amines) is 1. The van der Waals surface area contributed by atoms with Crippen LogP contribution in [0.15, 0.2) is 35.9 Å². The summed E-state index contributed by atoms with van der Waals surface area (Å²) in [6.45, 7) is 10.5. The van der Waals surface area contributed by atoms with Crippen molar-refractivity contribution in [2.24, 2.45) is 23.7 Å². The summed E-state index contributed by atoms with van der Waals surface area (Å²) in [5.74, 6) is 0.666. The number of nitrogens with zero attached hydrogens (tertiary/aromatic N) is 2. The highest BCUT2D eigenvalue weighted by Gasteiger charge is 2.52. The van der Waals surface area contributed by atoms with Crippen molar-refractivity contribution in [2.45, 2.75) is 57.6 Å². The van der Waals surface area contributed by atoms with Crippen molar-refractivity contribution in [1.82, 2.24) is 4.90 Å². The summed E-state index contributed by atoms with van der Waals surface area (Å²) in [5, 5.41) is 23.9. The normalized spacial score (nSPS) is 30.2. The van der Waals surface area contributed by atoms with E-state index in [0.29, 0.717) is 13.0 Å². The summed E-state index contributed by atoms with van der Waals surface area (Å²) < 4.78 is 6.03. The topological polar surface area (TPSA) is 68.5 Å². The summed E-state index contributed by atoms with van der Waals surface area (Å²) >= 11 is 12.6. The molecule has 5 nitrogen and oxygen atoms in total. The Morgan fingerprint density at radius 3 is 2.91 bits per heavy atom. The zero-order valence-corrected chi connectivity index (χ0v) is 22.6. The van der Waals surface area contributed by atoms with Gasteiger partial charge >= 0.3 is 0 Å². The van der Waals surface area contributed by atoms with Gasteiger partial charge in [0.05, 0.1) is 40.6 Å². The SMILES string of the molecule is CC1C(C(C)C2C(=S)N(CCCOc3ccc4c(c3)NCC=C4)C(C)(C)[C@H]2O)=CCC(C#N)C1Cl. The van der Waals surface area contributed by atoms with E-state index in [-0.39, 0.29) is 29.0 Å². The molecule has 0 spiro atoms. The molecule has 0 saturated carbocycles. The van der Waals surface area contributed by atoms with Crippen molar-refractivity contribution in [3.8, 4) is 11.8 Å². The Morgan fingerprint density at radius 2 is 2.17 bits per heavy atom. The first-order valence-corrected chi connectivity index (χ1v) is 13.4. The molecule has 6 atom stereocenters. The van der Waals surface area contributed by atoms with Crippen molar-refractivity contribution in [3.05, 3.63) is 41.5 Å². The first-order chi connectivity index (χ1) is 16.7. The number of halogens is 1. The molecule has 2 heterocycles. The molecule has 0 radical (unpaired) electrons. The molecule has 5 unspecified atom stereocenters. The number of aliphatic hydroxyl groups excluding tert-OH is 1. The number of nitrogens with one attached hydrogen (secondary N) is 1. The Morgan fingerprint density at radius 1 is 1.40 bits per heavy atom. The molecule has 2 N–H and O–H groups in total. The lowest BCUT2D eigenvalue weighted by atomic mass is 9.72. The van der Waals surface area contributed by atoms with Gasteiger partial charge in [0.2, 0.25) is 0 Å². The van der Waals surface area contributed by atoms with Gasteiger partial charge in [-0.15, -0.1) is 11.6 Å². The van der Waals surface area contributed by atoms with E-state index in [0.717, 1.165) is 35.9 Å². The fraction of sp³-hybridized carbons (Fsp3) is 0.571. The average molecular weight is 514 g/mol. The number of hydrogen-bond donors (Lipinski definition) is 2. The molecule has 0 amide bonds. The summed E-state index contributed by atoms with van der Waals surface area (Å²) in [6.07, 6.45) is 7.26. The minimum atomic E-state index is -0.582. The molecular weight excluding hydrogens is 478 g/mol. The van der Waals surface area contributed by atoms with E-state index >= 15 is 0 Å². The highest BCUT2D eigenvalue weighted by molar-refractivity contribution is 7.80. The van der Waals surface area contributed by atoms with Crippen molar-refractivity contribution < 1.29 is 9.84 Å². The summed E-state index contributed by atoms with van der Waals surface area (Å²) in [4.78, 5) is 2.99. The zero-order valence-electron chi connectivity index (χ0n) is 21.0. The van der Waals surface area contributed by atoms with Gasteiger partial charge in [-0.05, 0) is 56.2 Å². The third-order valence-electron chi connectivity index (χ3n) is 8.06. The quantitative estimate of drug-likeness (QED) is 0.213. The van der Waals surface area contributed by atoms with Gasteiger partial charge in [0.25, 0.3) is 0 Å². The molecule has 1 saturated heterocycles. The standard InChI is InChI=1S/C28H36ClN3O2S/c1-17(22-11-9-20(16-30)25(29)18(22)2)24-26(33)28(3,4)32(27(24)35)13-6-14-34-21-10-8-19-7-5-12-31-23(19)15-21/h5,7-8,10-11,15,17-18,20,24-26,31,33H,6,9,12-14H2,1-4H3/t17?,18?,20?,24?,25?,26-/m0/s1. The highest BCUT2D eigenvalue weighted by atomic mass is 35.5. The average Bonchev–Trinajstić information content (AvgIpc) is 3.01. The second-order valence-corrected chi connectivity index (χ2v) is 11.5. The maximum absolute atomic E-state index is 11.4. The van der Waals surface area contributed by atoms with Crippen LogP contribution in [-0.2, 0) is 0 Å². The number of thiocarbonyl (C=S) groups is 1. The van der Waals surface area contributed by atoms with Crippen LogP contribution in [0.5, 0.6) is 5.75 Å². The van der Waals surface area contributed by atoms with Crippen molar-refractivity contribution in [3.63, 3.8) is 0 Å². The first kappa shape index (κ1) is 26.0. The Hall–Kier alpha value is -2.07. The molecule has 4 rings (SSSR count). The molecule has 2 aliphatic heterocycles. The number of aliphatic hydroxyl groups is 1. The molecular formula is C28H36ClN3O2S. The van der Waals surface area contributed by atoms with Crippen molar-refractivity contribution in [2.75, 3.05) is 25.0 Å². The van der Waals surface area contributed by atoms with Crippen LogP contribution in [0.1, 0.15) is 46.1 Å². The predicted molar refractivity (Wildman–Crippen MR) is 147 cm³/mol. The summed E-state index contributed by atoms with van der Waals surface area (Å²) in [5.41, 5.74) is 3.01. The summed E-state index contributed by atoms with van der Waals surface area (Å²) in [6, 6.07) is 8.45. The minimum absolute atomic E-state index is 0.0611. The van der Waals surface area contributed by atoms with Crippen molar-refractivity contribution in [1.29, 1.82) is 5.26 Å². The zero-order chi connectivity index (χ0) is 25.3. The van der Waals surface area contributed by atoms with Gasteiger partial charge in [-0.1, -0.05) is 49.9 Å². The van der Waals surface area contributed by atoms with Crippen LogP contribution in [0, 0.1) is 35.0 Å². The minimum Gasteiger partial charge on any atom is -0.493 e. The lowest BCUT2D eigenvalue weighted by Crippen LogP contribution is -2.47. The number of hydrogen-bond acceptors (Lipinski definition) is 5. The van der Waals surface area contributed by atoms with Crippen LogP contribution >= 0.6 is 23.8 Å². The smallest absolute Gasteiger partial charge is 0.121 e. The predicted octanol–water partition coefficient (Wildman–Crippen LogP) is 5.64. The highest BCUT2D eigenvalue weighted by Crippen LogP contribution is 2.45. The Labute approximate surface area is 219 Å². The van der Waals surface area contributed by atoms with E-state index in [4.69, 9.17) is 28.6 Å². The number of allylic oxidation sites excluding steroid dienone is 2. The van der Waals surface area contributed by atoms with E-state index in [9.17, 15) is 10.4 Å². The van der Waals surface area contributed by atoms with Crippen molar-refractivity contribution >= 4 is 40.6 Å². The number of anilines is 1. The summed E-state index contributed by atoms with van der Waals surface area (Å²) in [7, 11) is 0. The number of alkyl halides is 1. The molecule has 35 heavy (non-hydrogen) atoms. The van der Waals surface area contributed by atoms with Gasteiger partial charge in [-0.3, -0.25) is 0 Å². The van der Waals surface area contributed by atoms with Crippen LogP contribution in [0.2, 0.25) is 0 Å². The Kier molecular flexibility index (Phi) is 7.80. The number of fused-ring (bicyclic) bond motifs is 1. The molecule has 7 heteroatoms. The lowest BCUT2D eigenvalue weighted by Gasteiger charge is -2.36. The van der Waals surface area contributed by atoms with E-state index < -0.39 is 11.6 Å². The second kappa shape index (κ2) is 10.5. The molecule has 0 aromatic heterocycles. The molecule has 1 aromatic rings. The molecule has 3 aliphatic rings.